The Balaban J connectivity index is 1.70. The van der Waals surface area contributed by atoms with Crippen molar-refractivity contribution in [3.8, 4) is 11.3 Å². The lowest BCUT2D eigenvalue weighted by molar-refractivity contribution is 0.0962. The largest absolute Gasteiger partial charge is 0.280 e. The molecule has 1 aromatic heterocycles. The van der Waals surface area contributed by atoms with Crippen LogP contribution in [0.4, 0.5) is 5.82 Å². The summed E-state index contributed by atoms with van der Waals surface area (Å²) < 4.78 is 0. The van der Waals surface area contributed by atoms with E-state index in [0.717, 1.165) is 16.6 Å². The predicted molar refractivity (Wildman–Crippen MR) is 103 cm³/mol. The van der Waals surface area contributed by atoms with Crippen LogP contribution < -0.4 is 10.9 Å². The van der Waals surface area contributed by atoms with Crippen molar-refractivity contribution in [3.05, 3.63) is 90.5 Å². The second-order valence-electron chi connectivity index (χ2n) is 5.72. The monoisotopic (exact) mass is 340 g/mol. The molecule has 0 bridgehead atoms. The topological polar surface area (TPSA) is 66.9 Å². The Hall–Kier alpha value is -3.73. The van der Waals surface area contributed by atoms with E-state index in [2.05, 4.69) is 15.8 Å². The maximum absolute atomic E-state index is 12.3. The third-order valence-corrected chi connectivity index (χ3v) is 3.95. The van der Waals surface area contributed by atoms with E-state index in [1.165, 1.54) is 0 Å². The van der Waals surface area contributed by atoms with Gasteiger partial charge in [-0.25, -0.2) is 9.97 Å². The summed E-state index contributed by atoms with van der Waals surface area (Å²) in [6.45, 7) is 0. The van der Waals surface area contributed by atoms with Crippen LogP contribution in [0, 0.1) is 0 Å². The summed E-state index contributed by atoms with van der Waals surface area (Å²) in [5.74, 6) is 0.263. The van der Waals surface area contributed by atoms with Gasteiger partial charge in [0, 0.05) is 11.1 Å². The highest BCUT2D eigenvalue weighted by molar-refractivity contribution is 5.95. The maximum Gasteiger partial charge on any atom is 0.269 e. The lowest BCUT2D eigenvalue weighted by Gasteiger charge is -2.13. The molecule has 0 spiro atoms. The van der Waals surface area contributed by atoms with Crippen molar-refractivity contribution in [1.82, 2.24) is 15.4 Å². The van der Waals surface area contributed by atoms with Gasteiger partial charge in [-0.15, -0.1) is 0 Å². The molecule has 3 aromatic carbocycles. The van der Waals surface area contributed by atoms with Crippen molar-refractivity contribution >= 4 is 22.8 Å². The lowest BCUT2D eigenvalue weighted by Crippen LogP contribution is -2.30. The van der Waals surface area contributed by atoms with E-state index in [9.17, 15) is 4.79 Å². The number of hydrogen-bond donors (Lipinski definition) is 2. The highest BCUT2D eigenvalue weighted by Gasteiger charge is 2.12. The van der Waals surface area contributed by atoms with Gasteiger partial charge >= 0.3 is 0 Å². The molecule has 4 rings (SSSR count). The summed E-state index contributed by atoms with van der Waals surface area (Å²) in [7, 11) is 0. The molecule has 126 valence electrons. The van der Waals surface area contributed by atoms with E-state index in [0.29, 0.717) is 17.1 Å². The molecule has 5 nitrogen and oxygen atoms in total. The first-order valence-electron chi connectivity index (χ1n) is 8.25. The predicted octanol–water partition coefficient (Wildman–Crippen LogP) is 4.05. The van der Waals surface area contributed by atoms with Crippen LogP contribution in [0.3, 0.4) is 0 Å². The second kappa shape index (κ2) is 7.03. The minimum absolute atomic E-state index is 0.237. The highest BCUT2D eigenvalue weighted by atomic mass is 16.2. The van der Waals surface area contributed by atoms with Crippen molar-refractivity contribution < 1.29 is 4.79 Å². The second-order valence-corrected chi connectivity index (χ2v) is 5.72. The van der Waals surface area contributed by atoms with Crippen LogP contribution in [0.25, 0.3) is 22.3 Å². The molecule has 0 saturated carbocycles. The van der Waals surface area contributed by atoms with E-state index >= 15 is 0 Å². The summed E-state index contributed by atoms with van der Waals surface area (Å²) in [6.07, 6.45) is 0. The molecule has 0 saturated heterocycles. The number of para-hydroxylation sites is 2. The number of nitrogens with one attached hydrogen (secondary N) is 2. The standard InChI is InChI=1S/C21H16N4O/c26-21(16-11-5-2-6-12-16)25-24-20-19(15-9-3-1-4-10-15)22-17-13-7-8-14-18(17)23-20/h1-14H,(H,23,24)(H,25,26). The van der Waals surface area contributed by atoms with Crippen molar-refractivity contribution in [1.29, 1.82) is 0 Å². The molecular weight excluding hydrogens is 324 g/mol. The molecule has 0 unspecified atom stereocenters. The number of hydrogen-bond acceptors (Lipinski definition) is 4. The van der Waals surface area contributed by atoms with Gasteiger partial charge in [-0.05, 0) is 24.3 Å². The number of carbonyl (C=O) groups is 1. The van der Waals surface area contributed by atoms with E-state index in [1.54, 1.807) is 12.1 Å². The van der Waals surface area contributed by atoms with E-state index in [1.807, 2.05) is 72.8 Å². The first-order chi connectivity index (χ1) is 12.8. The fraction of sp³-hybridized carbons (Fsp3) is 0. The van der Waals surface area contributed by atoms with Crippen molar-refractivity contribution in [2.24, 2.45) is 0 Å². The van der Waals surface area contributed by atoms with Crippen LogP contribution in [0.1, 0.15) is 10.4 Å². The fourth-order valence-electron chi connectivity index (χ4n) is 2.66. The number of nitrogens with zero attached hydrogens (tertiary/aromatic N) is 2. The smallest absolute Gasteiger partial charge is 0.269 e. The van der Waals surface area contributed by atoms with Gasteiger partial charge in [0.15, 0.2) is 5.82 Å². The number of anilines is 1. The number of aromatic nitrogens is 2. The molecule has 4 aromatic rings. The maximum atomic E-state index is 12.3. The molecule has 0 radical (unpaired) electrons. The molecular formula is C21H16N4O. The normalized spacial score (nSPS) is 10.5. The van der Waals surface area contributed by atoms with E-state index < -0.39 is 0 Å². The Kier molecular flexibility index (Phi) is 4.26. The lowest BCUT2D eigenvalue weighted by atomic mass is 10.1. The number of hydrazine groups is 1. The van der Waals surface area contributed by atoms with Crippen molar-refractivity contribution in [3.63, 3.8) is 0 Å². The first-order valence-corrected chi connectivity index (χ1v) is 8.25. The molecule has 0 fully saturated rings. The molecule has 0 atom stereocenters. The van der Waals surface area contributed by atoms with Gasteiger partial charge in [0.2, 0.25) is 0 Å². The van der Waals surface area contributed by atoms with Crippen LogP contribution in [0.5, 0.6) is 0 Å². The summed E-state index contributed by atoms with van der Waals surface area (Å²) in [5.41, 5.74) is 9.34. The van der Waals surface area contributed by atoms with Gasteiger partial charge in [-0.2, -0.15) is 0 Å². The molecule has 26 heavy (non-hydrogen) atoms. The van der Waals surface area contributed by atoms with Crippen LogP contribution in [-0.4, -0.2) is 15.9 Å². The molecule has 0 aliphatic rings. The van der Waals surface area contributed by atoms with Crippen molar-refractivity contribution in [2.45, 2.75) is 0 Å². The zero-order chi connectivity index (χ0) is 17.8. The number of amides is 1. The Morgan fingerprint density at radius 3 is 1.96 bits per heavy atom. The van der Waals surface area contributed by atoms with Gasteiger partial charge in [0.25, 0.3) is 5.91 Å². The minimum Gasteiger partial charge on any atom is -0.280 e. The Morgan fingerprint density at radius 1 is 0.692 bits per heavy atom. The van der Waals surface area contributed by atoms with Crippen LogP contribution in [0.15, 0.2) is 84.9 Å². The fourth-order valence-corrected chi connectivity index (χ4v) is 2.66. The third kappa shape index (κ3) is 3.23. The Morgan fingerprint density at radius 2 is 1.27 bits per heavy atom. The number of carbonyl (C=O) groups excluding carboxylic acids is 1. The Labute approximate surface area is 150 Å². The average Bonchev–Trinajstić information content (AvgIpc) is 2.72. The highest BCUT2D eigenvalue weighted by Crippen LogP contribution is 2.26. The summed E-state index contributed by atoms with van der Waals surface area (Å²) in [4.78, 5) is 21.7. The molecule has 0 aliphatic carbocycles. The van der Waals surface area contributed by atoms with Gasteiger partial charge in [0.1, 0.15) is 5.69 Å². The van der Waals surface area contributed by atoms with Gasteiger partial charge in [-0.1, -0.05) is 60.7 Å². The van der Waals surface area contributed by atoms with Crippen LogP contribution >= 0.6 is 0 Å². The molecule has 5 heteroatoms. The van der Waals surface area contributed by atoms with Crippen molar-refractivity contribution in [2.75, 3.05) is 5.43 Å². The van der Waals surface area contributed by atoms with Gasteiger partial charge in [-0.3, -0.25) is 15.6 Å². The number of benzene rings is 3. The SMILES string of the molecule is O=C(NNc1nc2ccccc2nc1-c1ccccc1)c1ccccc1. The summed E-state index contributed by atoms with van der Waals surface area (Å²) in [5, 5.41) is 0. The average molecular weight is 340 g/mol. The molecule has 2 N–H and O–H groups in total. The first kappa shape index (κ1) is 15.8. The van der Waals surface area contributed by atoms with Crippen LogP contribution in [-0.2, 0) is 0 Å². The summed E-state index contributed by atoms with van der Waals surface area (Å²) >= 11 is 0. The quantitative estimate of drug-likeness (QED) is 0.550. The zero-order valence-corrected chi connectivity index (χ0v) is 13.9. The molecule has 1 heterocycles. The third-order valence-electron chi connectivity index (χ3n) is 3.95. The van der Waals surface area contributed by atoms with Crippen LogP contribution in [0.2, 0.25) is 0 Å². The number of fused-ring (bicyclic) bond motifs is 1. The van der Waals surface area contributed by atoms with Gasteiger partial charge in [0.05, 0.1) is 11.0 Å². The Bertz CT molecular complexity index is 1050. The van der Waals surface area contributed by atoms with E-state index in [4.69, 9.17) is 4.98 Å². The molecule has 1 amide bonds. The van der Waals surface area contributed by atoms with Gasteiger partial charge < -0.3 is 0 Å². The number of rotatable bonds is 4. The summed E-state index contributed by atoms with van der Waals surface area (Å²) in [6, 6.07) is 26.4. The van der Waals surface area contributed by atoms with E-state index in [-0.39, 0.29) is 5.91 Å². The molecule has 0 aliphatic heterocycles. The minimum atomic E-state index is -0.237. The zero-order valence-electron chi connectivity index (χ0n) is 13.9.